The first-order valence-electron chi connectivity index (χ1n) is 10.6. The fourth-order valence-electron chi connectivity index (χ4n) is 4.10. The van der Waals surface area contributed by atoms with Gasteiger partial charge in [-0.15, -0.1) is 0 Å². The molecule has 1 aromatic carbocycles. The SMILES string of the molecule is COCCn1nc(CCC(=O)NCCc2c[nH]c3ccc(C)cc23)c2c1CCOC2. The number of H-pyrrole nitrogens is 1. The Bertz CT molecular complexity index is 1020. The maximum Gasteiger partial charge on any atom is 0.220 e. The van der Waals surface area contributed by atoms with Gasteiger partial charge in [-0.05, 0) is 31.0 Å². The lowest BCUT2D eigenvalue weighted by Crippen LogP contribution is -2.26. The number of nitrogens with one attached hydrogen (secondary N) is 2. The molecule has 30 heavy (non-hydrogen) atoms. The van der Waals surface area contributed by atoms with Crippen LogP contribution in [0.4, 0.5) is 0 Å². The van der Waals surface area contributed by atoms with Crippen LogP contribution in [0.2, 0.25) is 0 Å². The van der Waals surface area contributed by atoms with Gasteiger partial charge in [0.15, 0.2) is 0 Å². The van der Waals surface area contributed by atoms with Gasteiger partial charge in [0.1, 0.15) is 0 Å². The summed E-state index contributed by atoms with van der Waals surface area (Å²) < 4.78 is 12.8. The molecule has 0 radical (unpaired) electrons. The molecule has 2 N–H and O–H groups in total. The molecule has 160 valence electrons. The number of fused-ring (bicyclic) bond motifs is 2. The van der Waals surface area contributed by atoms with Gasteiger partial charge in [0.25, 0.3) is 0 Å². The van der Waals surface area contributed by atoms with E-state index in [2.05, 4.69) is 35.4 Å². The van der Waals surface area contributed by atoms with Crippen LogP contribution >= 0.6 is 0 Å². The summed E-state index contributed by atoms with van der Waals surface area (Å²) in [5, 5.41) is 9.02. The number of hydrogen-bond acceptors (Lipinski definition) is 4. The summed E-state index contributed by atoms with van der Waals surface area (Å²) in [6, 6.07) is 6.39. The Morgan fingerprint density at radius 3 is 3.13 bits per heavy atom. The average molecular weight is 411 g/mol. The van der Waals surface area contributed by atoms with E-state index in [-0.39, 0.29) is 5.91 Å². The summed E-state index contributed by atoms with van der Waals surface area (Å²) in [4.78, 5) is 15.7. The number of amides is 1. The smallest absolute Gasteiger partial charge is 0.220 e. The lowest BCUT2D eigenvalue weighted by molar-refractivity contribution is -0.121. The van der Waals surface area contributed by atoms with Crippen molar-refractivity contribution in [3.05, 3.63) is 52.5 Å². The van der Waals surface area contributed by atoms with E-state index in [1.165, 1.54) is 22.2 Å². The molecule has 7 heteroatoms. The van der Waals surface area contributed by atoms with E-state index in [0.717, 1.165) is 42.8 Å². The number of carbonyl (C=O) groups is 1. The number of carbonyl (C=O) groups excluding carboxylic acids is 1. The van der Waals surface area contributed by atoms with Gasteiger partial charge in [-0.2, -0.15) is 5.10 Å². The Morgan fingerprint density at radius 2 is 2.27 bits per heavy atom. The van der Waals surface area contributed by atoms with Crippen molar-refractivity contribution in [3.63, 3.8) is 0 Å². The third-order valence-corrected chi connectivity index (χ3v) is 5.71. The molecule has 0 atom stereocenters. The Balaban J connectivity index is 1.30. The number of ether oxygens (including phenoxy) is 2. The zero-order chi connectivity index (χ0) is 20.9. The van der Waals surface area contributed by atoms with Crippen molar-refractivity contribution in [2.45, 2.75) is 45.8 Å². The number of aryl methyl sites for hydroxylation is 2. The van der Waals surface area contributed by atoms with Crippen LogP contribution in [-0.4, -0.2) is 47.5 Å². The maximum atomic E-state index is 12.4. The highest BCUT2D eigenvalue weighted by molar-refractivity contribution is 5.84. The third kappa shape index (κ3) is 4.57. The minimum absolute atomic E-state index is 0.0583. The van der Waals surface area contributed by atoms with E-state index in [4.69, 9.17) is 14.6 Å². The number of nitrogens with zero attached hydrogens (tertiary/aromatic N) is 2. The molecule has 1 amide bonds. The quantitative estimate of drug-likeness (QED) is 0.568. The topological polar surface area (TPSA) is 81.2 Å². The fourth-order valence-corrected chi connectivity index (χ4v) is 4.10. The molecule has 1 aliphatic heterocycles. The van der Waals surface area contributed by atoms with Gasteiger partial charge >= 0.3 is 0 Å². The third-order valence-electron chi connectivity index (χ3n) is 5.71. The predicted octanol–water partition coefficient (Wildman–Crippen LogP) is 2.68. The highest BCUT2D eigenvalue weighted by atomic mass is 16.5. The van der Waals surface area contributed by atoms with Crippen LogP contribution in [0.25, 0.3) is 10.9 Å². The second-order valence-electron chi connectivity index (χ2n) is 7.85. The summed E-state index contributed by atoms with van der Waals surface area (Å²) in [6.07, 6.45) is 4.77. The minimum Gasteiger partial charge on any atom is -0.383 e. The van der Waals surface area contributed by atoms with Gasteiger partial charge in [-0.25, -0.2) is 0 Å². The van der Waals surface area contributed by atoms with Gasteiger partial charge in [0.05, 0.1) is 32.1 Å². The van der Waals surface area contributed by atoms with Crippen molar-refractivity contribution in [1.82, 2.24) is 20.1 Å². The maximum absolute atomic E-state index is 12.4. The summed E-state index contributed by atoms with van der Waals surface area (Å²) in [6.45, 7) is 5.39. The molecule has 0 fully saturated rings. The zero-order valence-corrected chi connectivity index (χ0v) is 17.8. The number of hydrogen-bond donors (Lipinski definition) is 2. The first kappa shape index (κ1) is 20.6. The second-order valence-corrected chi connectivity index (χ2v) is 7.85. The number of aromatic amines is 1. The van der Waals surface area contributed by atoms with Crippen LogP contribution in [0.15, 0.2) is 24.4 Å². The predicted molar refractivity (Wildman–Crippen MR) is 116 cm³/mol. The van der Waals surface area contributed by atoms with Crippen LogP contribution in [0, 0.1) is 6.92 Å². The molecule has 3 heterocycles. The van der Waals surface area contributed by atoms with Crippen LogP contribution in [-0.2, 0) is 46.7 Å². The average Bonchev–Trinajstić information content (AvgIpc) is 3.32. The standard InChI is InChI=1S/C23H30N4O3/c1-16-3-4-20-18(13-16)17(14-25-20)7-9-24-23(28)6-5-21-19-15-30-11-8-22(19)27(26-21)10-12-29-2/h3-4,13-14,25H,5-12,15H2,1-2H3,(H,24,28). The normalized spacial score (nSPS) is 13.5. The van der Waals surface area contributed by atoms with Crippen molar-refractivity contribution < 1.29 is 14.3 Å². The van der Waals surface area contributed by atoms with E-state index >= 15 is 0 Å². The van der Waals surface area contributed by atoms with Crippen LogP contribution < -0.4 is 5.32 Å². The first-order valence-corrected chi connectivity index (χ1v) is 10.6. The Morgan fingerprint density at radius 1 is 1.37 bits per heavy atom. The molecular formula is C23H30N4O3. The highest BCUT2D eigenvalue weighted by Gasteiger charge is 2.21. The monoisotopic (exact) mass is 410 g/mol. The lowest BCUT2D eigenvalue weighted by Gasteiger charge is -2.15. The minimum atomic E-state index is 0.0583. The van der Waals surface area contributed by atoms with Crippen molar-refractivity contribution in [2.24, 2.45) is 0 Å². The molecule has 7 nitrogen and oxygen atoms in total. The fraction of sp³-hybridized carbons (Fsp3) is 0.478. The molecule has 0 aliphatic carbocycles. The number of benzene rings is 1. The Hall–Kier alpha value is -2.64. The van der Waals surface area contributed by atoms with Crippen LogP contribution in [0.3, 0.4) is 0 Å². The van der Waals surface area contributed by atoms with Gasteiger partial charge < -0.3 is 19.8 Å². The molecule has 1 aliphatic rings. The van der Waals surface area contributed by atoms with Gasteiger partial charge in [-0.1, -0.05) is 11.6 Å². The van der Waals surface area contributed by atoms with Crippen LogP contribution in [0.5, 0.6) is 0 Å². The molecule has 3 aromatic rings. The van der Waals surface area contributed by atoms with Gasteiger partial charge in [0.2, 0.25) is 5.91 Å². The van der Waals surface area contributed by atoms with Crippen molar-refractivity contribution in [3.8, 4) is 0 Å². The number of aromatic nitrogens is 3. The van der Waals surface area contributed by atoms with E-state index in [9.17, 15) is 4.79 Å². The van der Waals surface area contributed by atoms with E-state index < -0.39 is 0 Å². The molecular weight excluding hydrogens is 380 g/mol. The lowest BCUT2D eigenvalue weighted by atomic mass is 10.1. The van der Waals surface area contributed by atoms with Crippen molar-refractivity contribution in [1.29, 1.82) is 0 Å². The largest absolute Gasteiger partial charge is 0.383 e. The summed E-state index contributed by atoms with van der Waals surface area (Å²) in [5.74, 6) is 0.0583. The van der Waals surface area contributed by atoms with Crippen molar-refractivity contribution in [2.75, 3.05) is 26.9 Å². The molecule has 0 saturated carbocycles. The molecule has 0 saturated heterocycles. The van der Waals surface area contributed by atoms with E-state index in [1.54, 1.807) is 7.11 Å². The molecule has 0 unspecified atom stereocenters. The van der Waals surface area contributed by atoms with Gasteiger partial charge in [0, 0.05) is 61.3 Å². The Kier molecular flexibility index (Phi) is 6.50. The zero-order valence-electron chi connectivity index (χ0n) is 17.8. The molecule has 2 aromatic heterocycles. The molecule has 0 bridgehead atoms. The van der Waals surface area contributed by atoms with Crippen LogP contribution in [0.1, 0.15) is 34.5 Å². The number of rotatable bonds is 9. The number of methoxy groups -OCH3 is 1. The summed E-state index contributed by atoms with van der Waals surface area (Å²) in [7, 11) is 1.70. The van der Waals surface area contributed by atoms with Gasteiger partial charge in [-0.3, -0.25) is 9.48 Å². The first-order chi connectivity index (χ1) is 14.7. The van der Waals surface area contributed by atoms with E-state index in [1.807, 2.05) is 10.9 Å². The highest BCUT2D eigenvalue weighted by Crippen LogP contribution is 2.22. The molecule has 4 rings (SSSR count). The Labute approximate surface area is 176 Å². The summed E-state index contributed by atoms with van der Waals surface area (Å²) in [5.41, 5.74) is 6.96. The van der Waals surface area contributed by atoms with E-state index in [0.29, 0.717) is 32.6 Å². The molecule has 0 spiro atoms. The summed E-state index contributed by atoms with van der Waals surface area (Å²) >= 11 is 0. The second kappa shape index (κ2) is 9.45. The van der Waals surface area contributed by atoms with Crippen molar-refractivity contribution >= 4 is 16.8 Å².